The number of para-hydroxylation sites is 2. The van der Waals surface area contributed by atoms with Crippen LogP contribution in [0.3, 0.4) is 0 Å². The van der Waals surface area contributed by atoms with Gasteiger partial charge in [-0.1, -0.05) is 36.4 Å². The molecule has 0 saturated heterocycles. The second-order valence-corrected chi connectivity index (χ2v) is 5.38. The van der Waals surface area contributed by atoms with E-state index in [4.69, 9.17) is 0 Å². The Morgan fingerprint density at radius 1 is 1.00 bits per heavy atom. The highest BCUT2D eigenvalue weighted by Crippen LogP contribution is 2.32. The van der Waals surface area contributed by atoms with Gasteiger partial charge in [-0.2, -0.15) is 0 Å². The van der Waals surface area contributed by atoms with Crippen molar-refractivity contribution >= 4 is 28.9 Å². The van der Waals surface area contributed by atoms with Crippen molar-refractivity contribution in [3.63, 3.8) is 0 Å². The molecule has 2 amide bonds. The van der Waals surface area contributed by atoms with Crippen molar-refractivity contribution in [2.24, 2.45) is 4.99 Å². The van der Waals surface area contributed by atoms with Crippen LogP contribution in [0, 0.1) is 13.8 Å². The number of hydrogen-bond acceptors (Lipinski definition) is 3. The highest BCUT2D eigenvalue weighted by molar-refractivity contribution is 6.58. The van der Waals surface area contributed by atoms with Gasteiger partial charge in [-0.05, 0) is 31.0 Å². The zero-order valence-corrected chi connectivity index (χ0v) is 12.8. The molecule has 1 aliphatic rings. The van der Waals surface area contributed by atoms with E-state index < -0.39 is 0 Å². The predicted octanol–water partition coefficient (Wildman–Crippen LogP) is 3.32. The number of nitrogens with zero attached hydrogens (tertiary/aromatic N) is 2. The largest absolute Gasteiger partial charge is 0.284 e. The van der Waals surface area contributed by atoms with Crippen molar-refractivity contribution in [2.75, 3.05) is 4.90 Å². The van der Waals surface area contributed by atoms with E-state index in [1.165, 1.54) is 11.8 Å². The number of fused-ring (bicyclic) bond motifs is 1. The Morgan fingerprint density at radius 3 is 2.27 bits per heavy atom. The molecule has 2 aromatic rings. The fraction of sp³-hybridized carbons (Fsp3) is 0.167. The molecule has 22 heavy (non-hydrogen) atoms. The predicted molar refractivity (Wildman–Crippen MR) is 86.7 cm³/mol. The van der Waals surface area contributed by atoms with Gasteiger partial charge in [0.15, 0.2) is 0 Å². The molecule has 0 aliphatic carbocycles. The molecule has 0 bridgehead atoms. The zero-order chi connectivity index (χ0) is 15.9. The summed E-state index contributed by atoms with van der Waals surface area (Å²) < 4.78 is 0. The molecule has 1 heterocycles. The summed E-state index contributed by atoms with van der Waals surface area (Å²) in [4.78, 5) is 30.2. The highest BCUT2D eigenvalue weighted by Gasteiger charge is 2.36. The van der Waals surface area contributed by atoms with Gasteiger partial charge in [0.05, 0.1) is 11.4 Å². The van der Waals surface area contributed by atoms with Crippen LogP contribution in [0.4, 0.5) is 11.4 Å². The average molecular weight is 292 g/mol. The summed E-state index contributed by atoms with van der Waals surface area (Å²) >= 11 is 0. The average Bonchev–Trinajstić information content (AvgIpc) is 2.75. The summed E-state index contributed by atoms with van der Waals surface area (Å²) in [6.45, 7) is 5.30. The van der Waals surface area contributed by atoms with Gasteiger partial charge in [0.25, 0.3) is 5.91 Å². The van der Waals surface area contributed by atoms with Gasteiger partial charge in [0.1, 0.15) is 5.71 Å². The Bertz CT molecular complexity index is 801. The minimum Gasteiger partial charge on any atom is -0.274 e. The first-order valence-corrected chi connectivity index (χ1v) is 7.10. The van der Waals surface area contributed by atoms with E-state index in [-0.39, 0.29) is 11.8 Å². The van der Waals surface area contributed by atoms with E-state index in [9.17, 15) is 9.59 Å². The smallest absolute Gasteiger partial charge is 0.274 e. The van der Waals surface area contributed by atoms with E-state index in [1.54, 1.807) is 6.07 Å². The molecule has 0 fully saturated rings. The standard InChI is InChI=1S/C18H16N2O2/c1-11-7-6-8-12(2)16(11)19-17-14-9-4-5-10-15(14)20(13(3)21)18(17)22/h4-10H,1-3H3. The Labute approximate surface area is 129 Å². The second kappa shape index (κ2) is 5.22. The van der Waals surface area contributed by atoms with Gasteiger partial charge in [0, 0.05) is 12.5 Å². The minimum absolute atomic E-state index is 0.302. The molecule has 0 aromatic heterocycles. The molecule has 4 nitrogen and oxygen atoms in total. The molecule has 0 atom stereocenters. The van der Waals surface area contributed by atoms with Crippen LogP contribution in [0.1, 0.15) is 23.6 Å². The second-order valence-electron chi connectivity index (χ2n) is 5.38. The summed E-state index contributed by atoms with van der Waals surface area (Å²) in [6.07, 6.45) is 0. The quantitative estimate of drug-likeness (QED) is 0.809. The number of aryl methyl sites for hydroxylation is 2. The van der Waals surface area contributed by atoms with Gasteiger partial charge in [0.2, 0.25) is 5.91 Å². The Balaban J connectivity index is 2.22. The van der Waals surface area contributed by atoms with Gasteiger partial charge in [-0.15, -0.1) is 0 Å². The number of carbonyl (C=O) groups excluding carboxylic acids is 2. The third-order valence-electron chi connectivity index (χ3n) is 3.78. The number of hydrogen-bond donors (Lipinski definition) is 0. The van der Waals surface area contributed by atoms with Crippen molar-refractivity contribution in [3.05, 3.63) is 59.2 Å². The van der Waals surface area contributed by atoms with Crippen LogP contribution in [0.15, 0.2) is 47.5 Å². The fourth-order valence-corrected chi connectivity index (χ4v) is 2.71. The molecule has 0 saturated carbocycles. The van der Waals surface area contributed by atoms with Gasteiger partial charge >= 0.3 is 0 Å². The number of carbonyl (C=O) groups is 2. The number of aliphatic imine (C=N–C) groups is 1. The Kier molecular flexibility index (Phi) is 3.37. The van der Waals surface area contributed by atoms with Gasteiger partial charge in [-0.3, -0.25) is 9.59 Å². The van der Waals surface area contributed by atoms with Crippen molar-refractivity contribution in [2.45, 2.75) is 20.8 Å². The van der Waals surface area contributed by atoms with E-state index in [0.29, 0.717) is 17.0 Å². The maximum Gasteiger partial charge on any atom is 0.284 e. The molecule has 2 aromatic carbocycles. The highest BCUT2D eigenvalue weighted by atomic mass is 16.2. The third kappa shape index (κ3) is 2.13. The maximum absolute atomic E-state index is 12.6. The molecule has 1 aliphatic heterocycles. The lowest BCUT2D eigenvalue weighted by molar-refractivity contribution is -0.121. The molecular formula is C18H16N2O2. The van der Waals surface area contributed by atoms with Gasteiger partial charge in [-0.25, -0.2) is 9.89 Å². The van der Waals surface area contributed by atoms with Crippen LogP contribution < -0.4 is 4.90 Å². The lowest BCUT2D eigenvalue weighted by atomic mass is 10.1. The summed E-state index contributed by atoms with van der Waals surface area (Å²) in [6, 6.07) is 13.1. The van der Waals surface area contributed by atoms with E-state index in [0.717, 1.165) is 16.8 Å². The first-order valence-electron chi connectivity index (χ1n) is 7.10. The first kappa shape index (κ1) is 14.2. The van der Waals surface area contributed by atoms with Crippen LogP contribution in [-0.2, 0) is 9.59 Å². The van der Waals surface area contributed by atoms with Crippen LogP contribution >= 0.6 is 0 Å². The number of benzene rings is 2. The van der Waals surface area contributed by atoms with E-state index in [1.807, 2.05) is 50.2 Å². The van der Waals surface area contributed by atoms with Crippen molar-refractivity contribution in [1.29, 1.82) is 0 Å². The minimum atomic E-state index is -0.364. The van der Waals surface area contributed by atoms with Crippen molar-refractivity contribution in [1.82, 2.24) is 0 Å². The van der Waals surface area contributed by atoms with Crippen LogP contribution in [0.25, 0.3) is 0 Å². The van der Waals surface area contributed by atoms with Crippen molar-refractivity contribution in [3.8, 4) is 0 Å². The lowest BCUT2D eigenvalue weighted by Crippen LogP contribution is -2.34. The molecule has 0 spiro atoms. The summed E-state index contributed by atoms with van der Waals surface area (Å²) in [5.41, 5.74) is 4.41. The topological polar surface area (TPSA) is 49.7 Å². The van der Waals surface area contributed by atoms with Crippen LogP contribution in [-0.4, -0.2) is 17.5 Å². The summed E-state index contributed by atoms with van der Waals surface area (Å²) in [5, 5.41) is 0. The number of imide groups is 1. The zero-order valence-electron chi connectivity index (χ0n) is 12.8. The van der Waals surface area contributed by atoms with E-state index >= 15 is 0 Å². The first-order chi connectivity index (χ1) is 10.5. The Hall–Kier alpha value is -2.75. The summed E-state index contributed by atoms with van der Waals surface area (Å²) in [5.74, 6) is -0.666. The van der Waals surface area contributed by atoms with Gasteiger partial charge < -0.3 is 0 Å². The fourth-order valence-electron chi connectivity index (χ4n) is 2.71. The number of amides is 2. The van der Waals surface area contributed by atoms with E-state index in [2.05, 4.69) is 4.99 Å². The molecule has 0 radical (unpaired) electrons. The lowest BCUT2D eigenvalue weighted by Gasteiger charge is -2.11. The monoisotopic (exact) mass is 292 g/mol. The summed E-state index contributed by atoms with van der Waals surface area (Å²) in [7, 11) is 0. The van der Waals surface area contributed by atoms with Crippen molar-refractivity contribution < 1.29 is 9.59 Å². The van der Waals surface area contributed by atoms with Crippen LogP contribution in [0.5, 0.6) is 0 Å². The Morgan fingerprint density at radius 2 is 1.64 bits per heavy atom. The van der Waals surface area contributed by atoms with Crippen LogP contribution in [0.2, 0.25) is 0 Å². The molecule has 110 valence electrons. The maximum atomic E-state index is 12.6. The molecular weight excluding hydrogens is 276 g/mol. The number of anilines is 1. The number of rotatable bonds is 1. The molecule has 3 rings (SSSR count). The normalized spacial score (nSPS) is 15.3. The SMILES string of the molecule is CC(=O)N1C(=O)C(=Nc2c(C)cccc2C)c2ccccc21. The molecule has 4 heteroatoms. The third-order valence-corrected chi connectivity index (χ3v) is 3.78. The molecule has 0 unspecified atom stereocenters. The molecule has 0 N–H and O–H groups in total.